The van der Waals surface area contributed by atoms with Gasteiger partial charge in [0, 0.05) is 16.2 Å². The third-order valence-corrected chi connectivity index (χ3v) is 3.16. The normalized spacial score (nSPS) is 10.4. The molecule has 0 atom stereocenters. The summed E-state index contributed by atoms with van der Waals surface area (Å²) < 4.78 is 27.4. The van der Waals surface area contributed by atoms with Crippen molar-refractivity contribution in [3.63, 3.8) is 0 Å². The number of halogens is 3. The summed E-state index contributed by atoms with van der Waals surface area (Å²) in [5.41, 5.74) is 7.63. The number of rotatable bonds is 2. The molecule has 18 heavy (non-hydrogen) atoms. The van der Waals surface area contributed by atoms with E-state index in [-0.39, 0.29) is 5.69 Å². The van der Waals surface area contributed by atoms with E-state index >= 15 is 0 Å². The summed E-state index contributed by atoms with van der Waals surface area (Å²) in [7, 11) is 0. The second kappa shape index (κ2) is 4.94. The lowest BCUT2D eigenvalue weighted by Crippen LogP contribution is -1.99. The SMILES string of the molecule is Cc1cc(F)cc(F)c1Nc1ccc(N)cc1Br. The van der Waals surface area contributed by atoms with Crippen molar-refractivity contribution in [2.75, 3.05) is 11.1 Å². The summed E-state index contributed by atoms with van der Waals surface area (Å²) in [4.78, 5) is 0. The molecule has 0 heterocycles. The van der Waals surface area contributed by atoms with Crippen molar-refractivity contribution >= 4 is 33.0 Å². The van der Waals surface area contributed by atoms with Crippen LogP contribution in [-0.4, -0.2) is 0 Å². The Kier molecular flexibility index (Phi) is 3.52. The van der Waals surface area contributed by atoms with Gasteiger partial charge < -0.3 is 11.1 Å². The van der Waals surface area contributed by atoms with E-state index in [1.807, 2.05) is 0 Å². The van der Waals surface area contributed by atoms with Crippen molar-refractivity contribution in [1.82, 2.24) is 0 Å². The molecule has 0 aliphatic rings. The molecular formula is C13H11BrF2N2. The fourth-order valence-electron chi connectivity index (χ4n) is 1.63. The van der Waals surface area contributed by atoms with Crippen LogP contribution in [0.2, 0.25) is 0 Å². The van der Waals surface area contributed by atoms with E-state index in [9.17, 15) is 8.78 Å². The smallest absolute Gasteiger partial charge is 0.149 e. The fraction of sp³-hybridized carbons (Fsp3) is 0.0769. The molecule has 0 bridgehead atoms. The van der Waals surface area contributed by atoms with E-state index in [1.165, 1.54) is 6.07 Å². The first-order chi connectivity index (χ1) is 8.47. The molecular weight excluding hydrogens is 302 g/mol. The van der Waals surface area contributed by atoms with Crippen LogP contribution < -0.4 is 11.1 Å². The third-order valence-electron chi connectivity index (χ3n) is 2.50. The van der Waals surface area contributed by atoms with Crippen LogP contribution in [0.25, 0.3) is 0 Å². The van der Waals surface area contributed by atoms with E-state index in [0.717, 1.165) is 6.07 Å². The molecule has 2 rings (SSSR count). The van der Waals surface area contributed by atoms with Gasteiger partial charge in [0.15, 0.2) is 0 Å². The van der Waals surface area contributed by atoms with Gasteiger partial charge in [-0.25, -0.2) is 8.78 Å². The molecule has 3 N–H and O–H groups in total. The van der Waals surface area contributed by atoms with Crippen LogP contribution in [0.3, 0.4) is 0 Å². The fourth-order valence-corrected chi connectivity index (χ4v) is 2.12. The molecule has 0 spiro atoms. The molecule has 0 radical (unpaired) electrons. The van der Waals surface area contributed by atoms with Crippen molar-refractivity contribution in [1.29, 1.82) is 0 Å². The predicted octanol–water partition coefficient (Wildman–Crippen LogP) is 4.36. The van der Waals surface area contributed by atoms with Gasteiger partial charge in [-0.15, -0.1) is 0 Å². The predicted molar refractivity (Wildman–Crippen MR) is 72.9 cm³/mol. The van der Waals surface area contributed by atoms with Crippen LogP contribution in [0.5, 0.6) is 0 Å². The van der Waals surface area contributed by atoms with Gasteiger partial charge in [-0.1, -0.05) is 0 Å². The molecule has 5 heteroatoms. The van der Waals surface area contributed by atoms with Gasteiger partial charge in [0.2, 0.25) is 0 Å². The Hall–Kier alpha value is -1.62. The molecule has 0 aliphatic heterocycles. The third kappa shape index (κ3) is 2.61. The van der Waals surface area contributed by atoms with E-state index in [4.69, 9.17) is 5.73 Å². The maximum atomic E-state index is 13.7. The van der Waals surface area contributed by atoms with Gasteiger partial charge in [-0.2, -0.15) is 0 Å². The minimum Gasteiger partial charge on any atom is -0.399 e. The van der Waals surface area contributed by atoms with Crippen LogP contribution in [0.15, 0.2) is 34.8 Å². The maximum absolute atomic E-state index is 13.7. The van der Waals surface area contributed by atoms with E-state index in [1.54, 1.807) is 25.1 Å². The molecule has 94 valence electrons. The summed E-state index contributed by atoms with van der Waals surface area (Å²) in [5.74, 6) is -1.22. The lowest BCUT2D eigenvalue weighted by atomic mass is 10.1. The van der Waals surface area contributed by atoms with Crippen molar-refractivity contribution in [2.45, 2.75) is 6.92 Å². The molecule has 0 saturated heterocycles. The van der Waals surface area contributed by atoms with Gasteiger partial charge in [-0.05, 0) is 52.7 Å². The topological polar surface area (TPSA) is 38.0 Å². The Bertz CT molecular complexity index is 577. The van der Waals surface area contributed by atoms with Crippen molar-refractivity contribution < 1.29 is 8.78 Å². The molecule has 0 aliphatic carbocycles. The Balaban J connectivity index is 2.40. The number of nitrogens with two attached hydrogens (primary N) is 1. The summed E-state index contributed by atoms with van der Waals surface area (Å²) >= 11 is 3.33. The summed E-state index contributed by atoms with van der Waals surface area (Å²) in [6.07, 6.45) is 0. The minimum atomic E-state index is -0.628. The standard InChI is InChI=1S/C13H11BrF2N2/c1-7-4-8(15)5-11(16)13(7)18-12-3-2-9(17)6-10(12)14/h2-6,18H,17H2,1H3. The number of aryl methyl sites for hydroxylation is 1. The van der Waals surface area contributed by atoms with E-state index in [0.29, 0.717) is 21.4 Å². The summed E-state index contributed by atoms with van der Waals surface area (Å²) in [6, 6.07) is 7.25. The summed E-state index contributed by atoms with van der Waals surface area (Å²) in [6.45, 7) is 1.64. The Morgan fingerprint density at radius 3 is 2.50 bits per heavy atom. The highest BCUT2D eigenvalue weighted by atomic mass is 79.9. The average Bonchev–Trinajstić information content (AvgIpc) is 2.25. The van der Waals surface area contributed by atoms with Crippen molar-refractivity contribution in [3.8, 4) is 0 Å². The van der Waals surface area contributed by atoms with Crippen LogP contribution in [-0.2, 0) is 0 Å². The van der Waals surface area contributed by atoms with Crippen molar-refractivity contribution in [2.24, 2.45) is 0 Å². The first kappa shape index (κ1) is 12.8. The van der Waals surface area contributed by atoms with Gasteiger partial charge in [0.1, 0.15) is 11.6 Å². The Labute approximate surface area is 112 Å². The van der Waals surface area contributed by atoms with Gasteiger partial charge >= 0.3 is 0 Å². The van der Waals surface area contributed by atoms with Gasteiger partial charge in [0.05, 0.1) is 11.4 Å². The highest BCUT2D eigenvalue weighted by Crippen LogP contribution is 2.30. The average molecular weight is 313 g/mol. The highest BCUT2D eigenvalue weighted by Gasteiger charge is 2.10. The largest absolute Gasteiger partial charge is 0.399 e. The maximum Gasteiger partial charge on any atom is 0.149 e. The number of hydrogen-bond donors (Lipinski definition) is 2. The van der Waals surface area contributed by atoms with Crippen LogP contribution in [0.1, 0.15) is 5.56 Å². The second-order valence-corrected chi connectivity index (χ2v) is 4.80. The molecule has 2 aromatic rings. The lowest BCUT2D eigenvalue weighted by Gasteiger charge is -2.12. The second-order valence-electron chi connectivity index (χ2n) is 3.94. The zero-order chi connectivity index (χ0) is 13.3. The number of nitrogens with one attached hydrogen (secondary N) is 1. The van der Waals surface area contributed by atoms with Crippen LogP contribution in [0.4, 0.5) is 25.8 Å². The zero-order valence-corrected chi connectivity index (χ0v) is 11.2. The zero-order valence-electron chi connectivity index (χ0n) is 9.60. The molecule has 2 aromatic carbocycles. The molecule has 0 saturated carbocycles. The minimum absolute atomic E-state index is 0.252. The van der Waals surface area contributed by atoms with E-state index < -0.39 is 11.6 Å². The summed E-state index contributed by atoms with van der Waals surface area (Å²) in [5, 5.41) is 2.92. The lowest BCUT2D eigenvalue weighted by molar-refractivity contribution is 0.584. The molecule has 0 amide bonds. The quantitative estimate of drug-likeness (QED) is 0.808. The van der Waals surface area contributed by atoms with Crippen molar-refractivity contribution in [3.05, 3.63) is 52.0 Å². The van der Waals surface area contributed by atoms with Crippen LogP contribution >= 0.6 is 15.9 Å². The van der Waals surface area contributed by atoms with Gasteiger partial charge in [0.25, 0.3) is 0 Å². The molecule has 0 unspecified atom stereocenters. The number of nitrogen functional groups attached to an aromatic ring is 1. The van der Waals surface area contributed by atoms with Gasteiger partial charge in [-0.3, -0.25) is 0 Å². The Morgan fingerprint density at radius 2 is 1.89 bits per heavy atom. The number of benzene rings is 2. The Morgan fingerprint density at radius 1 is 1.17 bits per heavy atom. The van der Waals surface area contributed by atoms with E-state index in [2.05, 4.69) is 21.2 Å². The first-order valence-corrected chi connectivity index (χ1v) is 6.04. The number of hydrogen-bond acceptors (Lipinski definition) is 2. The molecule has 0 aromatic heterocycles. The first-order valence-electron chi connectivity index (χ1n) is 5.25. The van der Waals surface area contributed by atoms with Crippen LogP contribution in [0, 0.1) is 18.6 Å². The molecule has 2 nitrogen and oxygen atoms in total. The molecule has 0 fully saturated rings. The monoisotopic (exact) mass is 312 g/mol. The number of anilines is 3. The highest BCUT2D eigenvalue weighted by molar-refractivity contribution is 9.10.